The normalized spacial score (nSPS) is 19.4. The predicted molar refractivity (Wildman–Crippen MR) is 145 cm³/mol. The van der Waals surface area contributed by atoms with E-state index in [0.29, 0.717) is 43.2 Å². The van der Waals surface area contributed by atoms with Crippen LogP contribution in [-0.2, 0) is 20.9 Å². The number of likely N-dealkylation sites (tertiary alicyclic amines) is 1. The van der Waals surface area contributed by atoms with E-state index in [9.17, 15) is 19.1 Å². The summed E-state index contributed by atoms with van der Waals surface area (Å²) in [5.41, 5.74) is 3.11. The van der Waals surface area contributed by atoms with Gasteiger partial charge in [-0.25, -0.2) is 4.39 Å². The first kappa shape index (κ1) is 26.6. The lowest BCUT2D eigenvalue weighted by Crippen LogP contribution is -2.42. The molecule has 0 radical (unpaired) electrons. The van der Waals surface area contributed by atoms with Gasteiger partial charge in [0.05, 0.1) is 24.8 Å². The largest absolute Gasteiger partial charge is 0.507 e. The molecule has 39 heavy (non-hydrogen) atoms. The number of carbonyl (C=O) groups excluding carboxylic acids is 2. The summed E-state index contributed by atoms with van der Waals surface area (Å²) in [6.45, 7) is 5.97. The van der Waals surface area contributed by atoms with E-state index < -0.39 is 23.5 Å². The van der Waals surface area contributed by atoms with Crippen LogP contribution in [0.3, 0.4) is 0 Å². The highest BCUT2D eigenvalue weighted by molar-refractivity contribution is 6.46. The van der Waals surface area contributed by atoms with Crippen LogP contribution in [0.2, 0.25) is 0 Å². The zero-order chi connectivity index (χ0) is 27.4. The third-order valence-electron chi connectivity index (χ3n) is 7.10. The number of ketones is 1. The number of nitrogens with zero attached hydrogens (tertiary/aromatic N) is 2. The standard InChI is InChI=1S/C31H31FN2O5/c1-21-3-2-4-22(19-21)20-39-26-11-7-24(8-12-26)29(35)27-28(23-5-9-25(32)10-6-23)34(31(37)30(27)36)14-13-33-15-17-38-18-16-33/h2-12,19,28,35H,13-18,20H2,1H3/t28-/m1/s1. The first-order valence-electron chi connectivity index (χ1n) is 13.0. The average molecular weight is 531 g/mol. The number of halogens is 1. The lowest BCUT2D eigenvalue weighted by Gasteiger charge is -2.31. The number of aliphatic hydroxyl groups is 1. The minimum absolute atomic E-state index is 0.0120. The average Bonchev–Trinajstić information content (AvgIpc) is 3.21. The molecule has 3 aromatic rings. The summed E-state index contributed by atoms with van der Waals surface area (Å²) >= 11 is 0. The minimum atomic E-state index is -0.830. The van der Waals surface area contributed by atoms with Crippen LogP contribution >= 0.6 is 0 Å². The van der Waals surface area contributed by atoms with E-state index in [1.165, 1.54) is 17.0 Å². The summed E-state index contributed by atoms with van der Waals surface area (Å²) < 4.78 is 25.0. The zero-order valence-electron chi connectivity index (χ0n) is 21.8. The van der Waals surface area contributed by atoms with Crippen LogP contribution in [0.5, 0.6) is 5.75 Å². The van der Waals surface area contributed by atoms with Gasteiger partial charge in [0.25, 0.3) is 11.7 Å². The van der Waals surface area contributed by atoms with Crippen molar-refractivity contribution in [2.75, 3.05) is 39.4 Å². The number of ether oxygens (including phenoxy) is 2. The topological polar surface area (TPSA) is 79.3 Å². The highest BCUT2D eigenvalue weighted by atomic mass is 19.1. The van der Waals surface area contributed by atoms with Crippen molar-refractivity contribution in [1.29, 1.82) is 0 Å². The van der Waals surface area contributed by atoms with Crippen molar-refractivity contribution in [3.8, 4) is 5.75 Å². The molecule has 0 aliphatic carbocycles. The lowest BCUT2D eigenvalue weighted by atomic mass is 9.95. The molecule has 3 aromatic carbocycles. The Morgan fingerprint density at radius 3 is 2.41 bits per heavy atom. The van der Waals surface area contributed by atoms with Crippen LogP contribution in [0.25, 0.3) is 5.76 Å². The Morgan fingerprint density at radius 1 is 1.00 bits per heavy atom. The van der Waals surface area contributed by atoms with E-state index >= 15 is 0 Å². The molecule has 2 fully saturated rings. The number of hydrogen-bond donors (Lipinski definition) is 1. The van der Waals surface area contributed by atoms with Gasteiger partial charge >= 0.3 is 0 Å². The van der Waals surface area contributed by atoms with Crippen LogP contribution in [0.4, 0.5) is 4.39 Å². The number of rotatable bonds is 8. The Kier molecular flexibility index (Phi) is 8.05. The van der Waals surface area contributed by atoms with Gasteiger partial charge in [0, 0.05) is 31.7 Å². The van der Waals surface area contributed by atoms with Crippen molar-refractivity contribution in [3.63, 3.8) is 0 Å². The van der Waals surface area contributed by atoms with Gasteiger partial charge in [-0.3, -0.25) is 14.5 Å². The number of Topliss-reactive ketones (excluding diaryl/α,β-unsaturated/α-hetero) is 1. The Bertz CT molecular complexity index is 1360. The van der Waals surface area contributed by atoms with Crippen molar-refractivity contribution in [2.45, 2.75) is 19.6 Å². The van der Waals surface area contributed by atoms with Crippen molar-refractivity contribution in [1.82, 2.24) is 9.80 Å². The van der Waals surface area contributed by atoms with Gasteiger partial charge in [0.2, 0.25) is 0 Å². The van der Waals surface area contributed by atoms with Crippen LogP contribution < -0.4 is 4.74 Å². The highest BCUT2D eigenvalue weighted by Crippen LogP contribution is 2.39. The Morgan fingerprint density at radius 2 is 1.72 bits per heavy atom. The van der Waals surface area contributed by atoms with Gasteiger partial charge in [-0.2, -0.15) is 0 Å². The molecule has 2 saturated heterocycles. The van der Waals surface area contributed by atoms with E-state index in [1.807, 2.05) is 31.2 Å². The summed E-state index contributed by atoms with van der Waals surface area (Å²) in [7, 11) is 0. The molecule has 0 unspecified atom stereocenters. The molecule has 7 nitrogen and oxygen atoms in total. The van der Waals surface area contributed by atoms with Crippen molar-refractivity contribution < 1.29 is 28.6 Å². The minimum Gasteiger partial charge on any atom is -0.507 e. The zero-order valence-corrected chi connectivity index (χ0v) is 21.8. The maximum Gasteiger partial charge on any atom is 0.295 e. The molecule has 2 aliphatic rings. The Hall–Kier alpha value is -4.01. The molecule has 5 rings (SSSR count). The number of morpholine rings is 1. The van der Waals surface area contributed by atoms with E-state index in [2.05, 4.69) is 4.90 Å². The Balaban J connectivity index is 1.41. The van der Waals surface area contributed by atoms with Crippen molar-refractivity contribution in [2.24, 2.45) is 0 Å². The van der Waals surface area contributed by atoms with Gasteiger partial charge in [-0.1, -0.05) is 42.0 Å². The second kappa shape index (κ2) is 11.8. The summed E-state index contributed by atoms with van der Waals surface area (Å²) in [5, 5.41) is 11.3. The number of hydrogen-bond acceptors (Lipinski definition) is 6. The van der Waals surface area contributed by atoms with E-state index in [4.69, 9.17) is 9.47 Å². The van der Waals surface area contributed by atoms with Gasteiger partial charge in [-0.15, -0.1) is 0 Å². The fourth-order valence-corrected chi connectivity index (χ4v) is 5.01. The van der Waals surface area contributed by atoms with E-state index in [0.717, 1.165) is 24.2 Å². The van der Waals surface area contributed by atoms with Gasteiger partial charge in [-0.05, 0) is 54.4 Å². The summed E-state index contributed by atoms with van der Waals surface area (Å²) in [6.07, 6.45) is 0. The highest BCUT2D eigenvalue weighted by Gasteiger charge is 2.46. The smallest absolute Gasteiger partial charge is 0.295 e. The van der Waals surface area contributed by atoms with Gasteiger partial charge < -0.3 is 19.5 Å². The number of aryl methyl sites for hydroxylation is 1. The molecular weight excluding hydrogens is 499 g/mol. The second-order valence-corrected chi connectivity index (χ2v) is 9.80. The molecule has 0 spiro atoms. The van der Waals surface area contributed by atoms with Crippen LogP contribution in [-0.4, -0.2) is 66.0 Å². The van der Waals surface area contributed by atoms with Crippen molar-refractivity contribution >= 4 is 17.4 Å². The van der Waals surface area contributed by atoms with E-state index in [-0.39, 0.29) is 17.9 Å². The molecular formula is C31H31FN2O5. The molecule has 0 saturated carbocycles. The quantitative estimate of drug-likeness (QED) is 0.263. The fraction of sp³-hybridized carbons (Fsp3) is 0.290. The number of aliphatic hydroxyl groups excluding tert-OH is 1. The van der Waals surface area contributed by atoms with E-state index in [1.54, 1.807) is 36.4 Å². The fourth-order valence-electron chi connectivity index (χ4n) is 5.01. The van der Waals surface area contributed by atoms with Gasteiger partial charge in [0.15, 0.2) is 0 Å². The number of carbonyl (C=O) groups is 2. The monoisotopic (exact) mass is 530 g/mol. The molecule has 0 bridgehead atoms. The second-order valence-electron chi connectivity index (χ2n) is 9.80. The van der Waals surface area contributed by atoms with Crippen LogP contribution in [0.1, 0.15) is 28.3 Å². The SMILES string of the molecule is Cc1cccc(COc2ccc(C(O)=C3C(=O)C(=O)N(CCN4CCOCC4)[C@@H]3c3ccc(F)cc3)cc2)c1. The molecule has 202 valence electrons. The molecule has 0 aromatic heterocycles. The molecule has 1 atom stereocenters. The predicted octanol–water partition coefficient (Wildman–Crippen LogP) is 4.47. The van der Waals surface area contributed by atoms with Crippen LogP contribution in [0.15, 0.2) is 78.4 Å². The summed E-state index contributed by atoms with van der Waals surface area (Å²) in [4.78, 5) is 30.0. The maximum atomic E-state index is 13.7. The Labute approximate surface area is 227 Å². The van der Waals surface area contributed by atoms with Crippen molar-refractivity contribution in [3.05, 3.63) is 106 Å². The lowest BCUT2D eigenvalue weighted by molar-refractivity contribution is -0.140. The van der Waals surface area contributed by atoms with Crippen LogP contribution in [0, 0.1) is 12.7 Å². The molecule has 1 amide bonds. The first-order valence-corrected chi connectivity index (χ1v) is 13.0. The third-order valence-corrected chi connectivity index (χ3v) is 7.10. The number of benzene rings is 3. The summed E-state index contributed by atoms with van der Waals surface area (Å²) in [5.74, 6) is -1.54. The molecule has 2 heterocycles. The maximum absolute atomic E-state index is 13.7. The first-order chi connectivity index (χ1) is 18.9. The summed E-state index contributed by atoms with van der Waals surface area (Å²) in [6, 6.07) is 19.6. The molecule has 1 N–H and O–H groups in total. The molecule has 8 heteroatoms. The third kappa shape index (κ3) is 6.02. The number of amides is 1. The van der Waals surface area contributed by atoms with Gasteiger partial charge in [0.1, 0.15) is 23.9 Å². The molecule has 2 aliphatic heterocycles.